The van der Waals surface area contributed by atoms with Gasteiger partial charge < -0.3 is 4.90 Å². The monoisotopic (exact) mass is 175 g/mol. The summed E-state index contributed by atoms with van der Waals surface area (Å²) in [6, 6.07) is 0. The second kappa shape index (κ2) is 4.80. The van der Waals surface area contributed by atoms with Crippen molar-refractivity contribution in [3.63, 3.8) is 0 Å². The number of hydrogen-bond acceptors (Lipinski definition) is 1. The SMILES string of the molecule is CCC(C)(C)N(C)CCC(C)F. The predicted molar refractivity (Wildman–Crippen MR) is 52.2 cm³/mol. The molecule has 0 saturated heterocycles. The Morgan fingerprint density at radius 3 is 2.25 bits per heavy atom. The van der Waals surface area contributed by atoms with E-state index in [4.69, 9.17) is 0 Å². The average molecular weight is 175 g/mol. The molecule has 0 amide bonds. The quantitative estimate of drug-likeness (QED) is 0.621. The van der Waals surface area contributed by atoms with Gasteiger partial charge in [0.15, 0.2) is 0 Å². The highest BCUT2D eigenvalue weighted by Crippen LogP contribution is 2.16. The molecule has 0 aromatic carbocycles. The second-order valence-electron chi connectivity index (χ2n) is 4.16. The van der Waals surface area contributed by atoms with Gasteiger partial charge in [-0.05, 0) is 40.7 Å². The second-order valence-corrected chi connectivity index (χ2v) is 4.16. The van der Waals surface area contributed by atoms with Crippen LogP contribution in [-0.2, 0) is 0 Å². The van der Waals surface area contributed by atoms with Crippen LogP contribution in [0, 0.1) is 0 Å². The smallest absolute Gasteiger partial charge is 0.0985 e. The predicted octanol–water partition coefficient (Wildman–Crippen LogP) is 2.85. The fourth-order valence-electron chi connectivity index (χ4n) is 0.944. The molecule has 0 N–H and O–H groups in total. The first-order chi connectivity index (χ1) is 5.40. The van der Waals surface area contributed by atoms with Gasteiger partial charge in [-0.15, -0.1) is 0 Å². The average Bonchev–Trinajstić information content (AvgIpc) is 2.00. The Hall–Kier alpha value is -0.110. The van der Waals surface area contributed by atoms with E-state index in [1.807, 2.05) is 0 Å². The zero-order chi connectivity index (χ0) is 9.78. The van der Waals surface area contributed by atoms with Crippen LogP contribution >= 0.6 is 0 Å². The van der Waals surface area contributed by atoms with Gasteiger partial charge >= 0.3 is 0 Å². The summed E-state index contributed by atoms with van der Waals surface area (Å²) < 4.78 is 12.5. The van der Waals surface area contributed by atoms with E-state index in [0.717, 1.165) is 13.0 Å². The van der Waals surface area contributed by atoms with E-state index in [-0.39, 0.29) is 5.54 Å². The molecule has 74 valence electrons. The lowest BCUT2D eigenvalue weighted by Crippen LogP contribution is -2.41. The molecule has 0 aromatic heterocycles. The van der Waals surface area contributed by atoms with Gasteiger partial charge in [-0.3, -0.25) is 0 Å². The van der Waals surface area contributed by atoms with Crippen LogP contribution in [0.25, 0.3) is 0 Å². The lowest BCUT2D eigenvalue weighted by Gasteiger charge is -2.34. The van der Waals surface area contributed by atoms with Crippen LogP contribution in [0.4, 0.5) is 4.39 Å². The highest BCUT2D eigenvalue weighted by Gasteiger charge is 2.20. The topological polar surface area (TPSA) is 3.24 Å². The molecule has 0 rings (SSSR count). The van der Waals surface area contributed by atoms with Crippen LogP contribution in [0.15, 0.2) is 0 Å². The molecular formula is C10H22FN. The minimum Gasteiger partial charge on any atom is -0.301 e. The van der Waals surface area contributed by atoms with Crippen molar-refractivity contribution in [3.05, 3.63) is 0 Å². The van der Waals surface area contributed by atoms with Gasteiger partial charge in [0.2, 0.25) is 0 Å². The maximum absolute atomic E-state index is 12.5. The summed E-state index contributed by atoms with van der Waals surface area (Å²) in [5, 5.41) is 0. The first-order valence-electron chi connectivity index (χ1n) is 4.75. The van der Waals surface area contributed by atoms with Crippen molar-refractivity contribution in [2.45, 2.75) is 52.2 Å². The minimum absolute atomic E-state index is 0.203. The third-order valence-electron chi connectivity index (χ3n) is 2.76. The Labute approximate surface area is 75.9 Å². The zero-order valence-electron chi connectivity index (χ0n) is 9.02. The van der Waals surface area contributed by atoms with Crippen molar-refractivity contribution in [3.8, 4) is 0 Å². The molecule has 0 aliphatic carbocycles. The maximum atomic E-state index is 12.5. The zero-order valence-corrected chi connectivity index (χ0v) is 9.02. The van der Waals surface area contributed by atoms with Crippen LogP contribution in [-0.4, -0.2) is 30.2 Å². The maximum Gasteiger partial charge on any atom is 0.0985 e. The highest BCUT2D eigenvalue weighted by atomic mass is 19.1. The standard InChI is InChI=1S/C10H22FN/c1-6-10(3,4)12(5)8-7-9(2)11/h9H,6-8H2,1-5H3. The van der Waals surface area contributed by atoms with Gasteiger partial charge in [0.05, 0.1) is 6.17 Å². The Morgan fingerprint density at radius 1 is 1.42 bits per heavy atom. The summed E-state index contributed by atoms with van der Waals surface area (Å²) in [5.74, 6) is 0. The van der Waals surface area contributed by atoms with Crippen LogP contribution in [0.2, 0.25) is 0 Å². The van der Waals surface area contributed by atoms with Crippen LogP contribution < -0.4 is 0 Å². The van der Waals surface area contributed by atoms with Gasteiger partial charge in [0.1, 0.15) is 0 Å². The van der Waals surface area contributed by atoms with Crippen LogP contribution in [0.5, 0.6) is 0 Å². The Bertz CT molecular complexity index is 121. The van der Waals surface area contributed by atoms with Crippen LogP contribution in [0.1, 0.15) is 40.5 Å². The van der Waals surface area contributed by atoms with Crippen molar-refractivity contribution >= 4 is 0 Å². The van der Waals surface area contributed by atoms with Crippen molar-refractivity contribution in [1.82, 2.24) is 4.90 Å². The molecule has 0 spiro atoms. The molecule has 0 bridgehead atoms. The Balaban J connectivity index is 3.78. The molecule has 0 radical (unpaired) electrons. The Morgan fingerprint density at radius 2 is 1.92 bits per heavy atom. The molecule has 0 fully saturated rings. The minimum atomic E-state index is -0.680. The molecule has 1 unspecified atom stereocenters. The first-order valence-corrected chi connectivity index (χ1v) is 4.75. The fraction of sp³-hybridized carbons (Fsp3) is 1.00. The van der Waals surface area contributed by atoms with Gasteiger partial charge in [0, 0.05) is 12.1 Å². The number of alkyl halides is 1. The van der Waals surface area contributed by atoms with Gasteiger partial charge in [0.25, 0.3) is 0 Å². The molecular weight excluding hydrogens is 153 g/mol. The van der Waals surface area contributed by atoms with E-state index in [0.29, 0.717) is 6.42 Å². The van der Waals surface area contributed by atoms with E-state index in [2.05, 4.69) is 32.7 Å². The number of rotatable bonds is 5. The van der Waals surface area contributed by atoms with Gasteiger partial charge in [-0.2, -0.15) is 0 Å². The van der Waals surface area contributed by atoms with Crippen molar-refractivity contribution < 1.29 is 4.39 Å². The summed E-state index contributed by atoms with van der Waals surface area (Å²) in [5.41, 5.74) is 0.203. The van der Waals surface area contributed by atoms with Crippen LogP contribution in [0.3, 0.4) is 0 Å². The highest BCUT2D eigenvalue weighted by molar-refractivity contribution is 4.77. The lowest BCUT2D eigenvalue weighted by atomic mass is 10.00. The van der Waals surface area contributed by atoms with E-state index >= 15 is 0 Å². The summed E-state index contributed by atoms with van der Waals surface area (Å²) in [6.07, 6.45) is 1.06. The summed E-state index contributed by atoms with van der Waals surface area (Å²) in [4.78, 5) is 2.23. The molecule has 1 atom stereocenters. The van der Waals surface area contributed by atoms with E-state index in [1.54, 1.807) is 6.92 Å². The molecule has 12 heavy (non-hydrogen) atoms. The molecule has 2 heteroatoms. The molecule has 0 heterocycles. The summed E-state index contributed by atoms with van der Waals surface area (Å²) in [6.45, 7) is 9.01. The number of halogens is 1. The largest absolute Gasteiger partial charge is 0.301 e. The molecule has 0 aliphatic heterocycles. The van der Waals surface area contributed by atoms with Crippen molar-refractivity contribution in [2.24, 2.45) is 0 Å². The Kier molecular flexibility index (Phi) is 4.76. The van der Waals surface area contributed by atoms with E-state index in [1.165, 1.54) is 0 Å². The summed E-state index contributed by atoms with van der Waals surface area (Å²) in [7, 11) is 2.06. The fourth-order valence-corrected chi connectivity index (χ4v) is 0.944. The molecule has 0 aliphatic rings. The third kappa shape index (κ3) is 4.05. The van der Waals surface area contributed by atoms with Crippen molar-refractivity contribution in [2.75, 3.05) is 13.6 Å². The van der Waals surface area contributed by atoms with E-state index in [9.17, 15) is 4.39 Å². The van der Waals surface area contributed by atoms with Crippen molar-refractivity contribution in [1.29, 1.82) is 0 Å². The lowest BCUT2D eigenvalue weighted by molar-refractivity contribution is 0.137. The number of hydrogen-bond donors (Lipinski definition) is 0. The third-order valence-corrected chi connectivity index (χ3v) is 2.76. The normalized spacial score (nSPS) is 15.2. The van der Waals surface area contributed by atoms with Gasteiger partial charge in [-0.1, -0.05) is 6.92 Å². The summed E-state index contributed by atoms with van der Waals surface area (Å²) >= 11 is 0. The number of nitrogens with zero attached hydrogens (tertiary/aromatic N) is 1. The van der Waals surface area contributed by atoms with E-state index < -0.39 is 6.17 Å². The molecule has 1 nitrogen and oxygen atoms in total. The van der Waals surface area contributed by atoms with Gasteiger partial charge in [-0.25, -0.2) is 4.39 Å². The first kappa shape index (κ1) is 11.9. The molecule has 0 aromatic rings. The molecule has 0 saturated carbocycles.